The average molecular weight is 264 g/mol. The van der Waals surface area contributed by atoms with Gasteiger partial charge in [-0.1, -0.05) is 0 Å². The lowest BCUT2D eigenvalue weighted by atomic mass is 9.78. The van der Waals surface area contributed by atoms with Crippen molar-refractivity contribution in [2.45, 2.75) is 18.6 Å². The molecular formula is C11H12N4O4. The third-order valence-electron chi connectivity index (χ3n) is 4.54. The number of amides is 1. The molecule has 2 saturated carbocycles. The molecule has 1 aromatic rings. The van der Waals surface area contributed by atoms with Crippen molar-refractivity contribution in [1.82, 2.24) is 14.9 Å². The smallest absolute Gasteiger partial charge is 0.310 e. The van der Waals surface area contributed by atoms with E-state index in [2.05, 4.69) is 15.6 Å². The molecule has 0 radical (unpaired) electrons. The van der Waals surface area contributed by atoms with Crippen LogP contribution in [0.15, 0.2) is 12.7 Å². The molecule has 6 atom stereocenters. The van der Waals surface area contributed by atoms with Gasteiger partial charge in [-0.15, -0.1) is 10.2 Å². The van der Waals surface area contributed by atoms with Gasteiger partial charge in [-0.2, -0.15) is 0 Å². The van der Waals surface area contributed by atoms with Gasteiger partial charge in [0, 0.05) is 11.8 Å². The zero-order valence-corrected chi connectivity index (χ0v) is 9.84. The number of nitrogens with zero attached hydrogens (tertiary/aromatic N) is 3. The van der Waals surface area contributed by atoms with E-state index in [1.165, 1.54) is 17.3 Å². The minimum Gasteiger partial charge on any atom is -0.459 e. The van der Waals surface area contributed by atoms with Crippen molar-refractivity contribution in [3.63, 3.8) is 0 Å². The summed E-state index contributed by atoms with van der Waals surface area (Å²) < 4.78 is 6.50. The van der Waals surface area contributed by atoms with Crippen molar-refractivity contribution in [1.29, 1.82) is 0 Å². The van der Waals surface area contributed by atoms with Crippen LogP contribution in [0.25, 0.3) is 0 Å². The summed E-state index contributed by atoms with van der Waals surface area (Å²) in [5, 5.41) is 17.2. The number of hydrogen-bond donors (Lipinski definition) is 2. The maximum atomic E-state index is 12.3. The molecule has 1 aromatic heterocycles. The summed E-state index contributed by atoms with van der Waals surface area (Å²) in [6.07, 6.45) is 2.24. The monoisotopic (exact) mass is 264 g/mol. The summed E-state index contributed by atoms with van der Waals surface area (Å²) in [7, 11) is 0. The molecule has 0 aromatic carbocycles. The van der Waals surface area contributed by atoms with Crippen LogP contribution in [0.4, 0.5) is 0 Å². The molecule has 4 rings (SSSR count). The van der Waals surface area contributed by atoms with E-state index in [1.807, 2.05) is 0 Å². The number of aliphatic hydroxyl groups is 1. The Morgan fingerprint density at radius 1 is 1.42 bits per heavy atom. The molecule has 19 heavy (non-hydrogen) atoms. The highest BCUT2D eigenvalue weighted by atomic mass is 16.6. The predicted octanol–water partition coefficient (Wildman–Crippen LogP) is -1.48. The van der Waals surface area contributed by atoms with E-state index in [-0.39, 0.29) is 23.7 Å². The first kappa shape index (κ1) is 10.9. The second kappa shape index (κ2) is 3.53. The first-order valence-electron chi connectivity index (χ1n) is 6.21. The molecular weight excluding hydrogens is 252 g/mol. The number of nitrogens with one attached hydrogen (secondary N) is 1. The van der Waals surface area contributed by atoms with Crippen LogP contribution in [0.3, 0.4) is 0 Å². The highest BCUT2D eigenvalue weighted by Crippen LogP contribution is 2.57. The van der Waals surface area contributed by atoms with E-state index in [0.717, 1.165) is 0 Å². The summed E-state index contributed by atoms with van der Waals surface area (Å²) in [5.74, 6) is -1.85. The van der Waals surface area contributed by atoms with Crippen LogP contribution in [0.5, 0.6) is 0 Å². The summed E-state index contributed by atoms with van der Waals surface area (Å²) in [4.78, 5) is 24.1. The zero-order valence-electron chi connectivity index (χ0n) is 9.84. The van der Waals surface area contributed by atoms with Gasteiger partial charge in [-0.05, 0) is 6.42 Å². The van der Waals surface area contributed by atoms with E-state index < -0.39 is 24.0 Å². The lowest BCUT2D eigenvalue weighted by Crippen LogP contribution is -2.44. The quantitative estimate of drug-likeness (QED) is 0.631. The van der Waals surface area contributed by atoms with Crippen molar-refractivity contribution in [3.05, 3.63) is 12.7 Å². The van der Waals surface area contributed by atoms with Crippen LogP contribution in [-0.2, 0) is 14.3 Å². The maximum absolute atomic E-state index is 12.3. The molecule has 1 saturated heterocycles. The Labute approximate surface area is 107 Å². The normalized spacial score (nSPS) is 42.5. The van der Waals surface area contributed by atoms with Crippen molar-refractivity contribution in [3.8, 4) is 0 Å². The molecule has 2 aliphatic carbocycles. The number of carbonyl (C=O) groups excluding carboxylic acids is 2. The Morgan fingerprint density at radius 3 is 2.89 bits per heavy atom. The van der Waals surface area contributed by atoms with Crippen LogP contribution >= 0.6 is 0 Å². The van der Waals surface area contributed by atoms with Gasteiger partial charge in [0.2, 0.25) is 5.91 Å². The average Bonchev–Trinajstić information content (AvgIpc) is 3.07. The molecule has 100 valence electrons. The summed E-state index contributed by atoms with van der Waals surface area (Å²) in [6.45, 7) is 0. The Kier molecular flexibility index (Phi) is 2.03. The van der Waals surface area contributed by atoms with Gasteiger partial charge < -0.3 is 9.84 Å². The molecule has 3 fully saturated rings. The Morgan fingerprint density at radius 2 is 2.16 bits per heavy atom. The third kappa shape index (κ3) is 1.31. The zero-order chi connectivity index (χ0) is 13.1. The maximum Gasteiger partial charge on any atom is 0.310 e. The second-order valence-corrected chi connectivity index (χ2v) is 5.35. The number of carbonyl (C=O) groups is 2. The van der Waals surface area contributed by atoms with Crippen LogP contribution in [0.2, 0.25) is 0 Å². The van der Waals surface area contributed by atoms with Crippen LogP contribution < -0.4 is 5.43 Å². The first-order chi connectivity index (χ1) is 9.16. The van der Waals surface area contributed by atoms with Crippen molar-refractivity contribution in [2.75, 3.05) is 5.43 Å². The van der Waals surface area contributed by atoms with Gasteiger partial charge in [0.25, 0.3) is 0 Å². The van der Waals surface area contributed by atoms with Crippen molar-refractivity contribution < 1.29 is 19.4 Å². The van der Waals surface area contributed by atoms with Gasteiger partial charge in [0.1, 0.15) is 18.8 Å². The minimum atomic E-state index is -0.732. The first-order valence-corrected chi connectivity index (χ1v) is 6.21. The molecule has 8 nitrogen and oxygen atoms in total. The van der Waals surface area contributed by atoms with Crippen molar-refractivity contribution in [2.24, 2.45) is 23.7 Å². The molecule has 1 aliphatic heterocycles. The standard InChI is InChI=1S/C11H12N4O4/c16-8-4-1-5-7(11(18)19-9(5)8)6(4)10(17)14-15-2-12-13-3-15/h2-9,16H,1H2,(H,14,17)/t4-,5-,6-,7-,8+,9+/m1/s1. The molecule has 1 amide bonds. The topological polar surface area (TPSA) is 106 Å². The van der Waals surface area contributed by atoms with E-state index in [9.17, 15) is 14.7 Å². The number of fused-ring (bicyclic) bond motifs is 1. The number of ether oxygens (including phenoxy) is 1. The van der Waals surface area contributed by atoms with Gasteiger partial charge in [-0.25, -0.2) is 4.68 Å². The lowest BCUT2D eigenvalue weighted by Gasteiger charge is -2.27. The van der Waals surface area contributed by atoms with Gasteiger partial charge in [-0.3, -0.25) is 15.0 Å². The van der Waals surface area contributed by atoms with Crippen LogP contribution in [-0.4, -0.2) is 44.1 Å². The third-order valence-corrected chi connectivity index (χ3v) is 4.54. The highest BCUT2D eigenvalue weighted by Gasteiger charge is 2.68. The van der Waals surface area contributed by atoms with E-state index >= 15 is 0 Å². The molecule has 0 unspecified atom stereocenters. The molecule has 2 N–H and O–H groups in total. The largest absolute Gasteiger partial charge is 0.459 e. The lowest BCUT2D eigenvalue weighted by molar-refractivity contribution is -0.146. The molecule has 0 spiro atoms. The number of esters is 1. The SMILES string of the molecule is O=C(Nn1cnnc1)[C@@H]1[C@H]2C[C@H]3[C@H](OC(=O)[C@H]31)[C@H]2O. The molecule has 2 bridgehead atoms. The van der Waals surface area contributed by atoms with E-state index in [4.69, 9.17) is 4.74 Å². The molecule has 3 aliphatic rings. The molecule has 2 heterocycles. The van der Waals surface area contributed by atoms with E-state index in [1.54, 1.807) is 0 Å². The summed E-state index contributed by atoms with van der Waals surface area (Å²) in [6, 6.07) is 0. The fourth-order valence-corrected chi connectivity index (χ4v) is 3.84. The fraction of sp³-hybridized carbons (Fsp3) is 0.636. The minimum absolute atomic E-state index is 0.0239. The Bertz CT molecular complexity index is 545. The Balaban J connectivity index is 1.61. The van der Waals surface area contributed by atoms with Crippen LogP contribution in [0.1, 0.15) is 6.42 Å². The number of aliphatic hydroxyl groups excluding tert-OH is 1. The number of aromatic nitrogens is 3. The van der Waals surface area contributed by atoms with E-state index in [0.29, 0.717) is 6.42 Å². The Hall–Kier alpha value is -1.96. The summed E-state index contributed by atoms with van der Waals surface area (Å²) >= 11 is 0. The van der Waals surface area contributed by atoms with Gasteiger partial charge in [0.15, 0.2) is 0 Å². The van der Waals surface area contributed by atoms with Crippen molar-refractivity contribution >= 4 is 11.9 Å². The number of rotatable bonds is 2. The van der Waals surface area contributed by atoms with Crippen LogP contribution in [0, 0.1) is 23.7 Å². The number of hydrogen-bond acceptors (Lipinski definition) is 6. The highest BCUT2D eigenvalue weighted by molar-refractivity contribution is 5.92. The predicted molar refractivity (Wildman–Crippen MR) is 58.9 cm³/mol. The molecule has 8 heteroatoms. The van der Waals surface area contributed by atoms with Gasteiger partial charge in [0.05, 0.1) is 17.9 Å². The second-order valence-electron chi connectivity index (χ2n) is 5.35. The van der Waals surface area contributed by atoms with Gasteiger partial charge >= 0.3 is 5.97 Å². The fourth-order valence-electron chi connectivity index (χ4n) is 3.84. The summed E-state index contributed by atoms with van der Waals surface area (Å²) in [5.41, 5.74) is 2.61.